The van der Waals surface area contributed by atoms with Crippen LogP contribution in [-0.4, -0.2) is 37.1 Å². The Morgan fingerprint density at radius 1 is 1.12 bits per heavy atom. The number of carbonyl (C=O) groups excluding carboxylic acids is 3. The molecule has 2 aromatic rings. The first kappa shape index (κ1) is 24.7. The molecule has 0 saturated heterocycles. The predicted molar refractivity (Wildman–Crippen MR) is 111 cm³/mol. The Morgan fingerprint density at radius 3 is 2.56 bits per heavy atom. The Bertz CT molecular complexity index is 1030. The summed E-state index contributed by atoms with van der Waals surface area (Å²) in [6.45, 7) is 1.39. The number of anilines is 1. The monoisotopic (exact) mass is 470 g/mol. The molecule has 170 valence electrons. The van der Waals surface area contributed by atoms with E-state index < -0.39 is 36.1 Å². The van der Waals surface area contributed by atoms with Gasteiger partial charge in [0.15, 0.2) is 6.61 Å². The fourth-order valence-electron chi connectivity index (χ4n) is 2.32. The van der Waals surface area contributed by atoms with Crippen molar-refractivity contribution < 1.29 is 32.3 Å². The molecule has 0 atom stereocenters. The largest absolute Gasteiger partial charge is 0.483 e. The molecule has 2 rings (SSSR count). The first-order valence-electron chi connectivity index (χ1n) is 9.11. The van der Waals surface area contributed by atoms with Gasteiger partial charge in [-0.25, -0.2) is 5.43 Å². The highest BCUT2D eigenvalue weighted by atomic mass is 35.5. The van der Waals surface area contributed by atoms with E-state index in [0.717, 1.165) is 18.3 Å². The first-order valence-corrected chi connectivity index (χ1v) is 9.48. The van der Waals surface area contributed by atoms with E-state index >= 15 is 0 Å². The molecule has 8 nitrogen and oxygen atoms in total. The van der Waals surface area contributed by atoms with Crippen molar-refractivity contribution in [3.8, 4) is 5.75 Å². The summed E-state index contributed by atoms with van der Waals surface area (Å²) >= 11 is 5.93. The van der Waals surface area contributed by atoms with Gasteiger partial charge in [-0.05, 0) is 43.3 Å². The molecule has 0 aliphatic heterocycles. The van der Waals surface area contributed by atoms with E-state index in [1.807, 2.05) is 5.43 Å². The van der Waals surface area contributed by atoms with Crippen LogP contribution in [0.2, 0.25) is 5.02 Å². The third-order valence-electron chi connectivity index (χ3n) is 3.72. The number of halogens is 4. The van der Waals surface area contributed by atoms with Crippen LogP contribution in [0, 0.1) is 0 Å². The minimum absolute atomic E-state index is 0.0422. The lowest BCUT2D eigenvalue weighted by Gasteiger charge is -2.11. The van der Waals surface area contributed by atoms with E-state index in [0.29, 0.717) is 5.02 Å². The Labute approximate surface area is 185 Å². The summed E-state index contributed by atoms with van der Waals surface area (Å²) in [7, 11) is 0. The van der Waals surface area contributed by atoms with Crippen molar-refractivity contribution in [3.63, 3.8) is 0 Å². The van der Waals surface area contributed by atoms with Crippen LogP contribution < -0.4 is 20.8 Å². The summed E-state index contributed by atoms with van der Waals surface area (Å²) < 4.78 is 43.7. The number of hydrazone groups is 1. The molecule has 2 aromatic carbocycles. The second-order valence-electron chi connectivity index (χ2n) is 6.16. The molecular formula is C20H18ClF3N4O4. The van der Waals surface area contributed by atoms with Crippen molar-refractivity contribution in [2.45, 2.75) is 13.1 Å². The van der Waals surface area contributed by atoms with Gasteiger partial charge in [-0.1, -0.05) is 17.7 Å². The number of nitrogens with zero attached hydrogens (tertiary/aromatic N) is 1. The lowest BCUT2D eigenvalue weighted by Crippen LogP contribution is -2.37. The van der Waals surface area contributed by atoms with Crippen LogP contribution in [0.3, 0.4) is 0 Å². The summed E-state index contributed by atoms with van der Waals surface area (Å²) in [5, 5.41) is 8.56. The van der Waals surface area contributed by atoms with Gasteiger partial charge in [0, 0.05) is 22.8 Å². The molecule has 0 fully saturated rings. The molecule has 3 amide bonds. The molecule has 32 heavy (non-hydrogen) atoms. The zero-order chi connectivity index (χ0) is 23.7. The van der Waals surface area contributed by atoms with Crippen molar-refractivity contribution in [2.75, 3.05) is 18.5 Å². The first-order chi connectivity index (χ1) is 15.1. The lowest BCUT2D eigenvalue weighted by molar-refractivity contribution is -0.139. The molecule has 0 spiro atoms. The van der Waals surface area contributed by atoms with Gasteiger partial charge in [-0.2, -0.15) is 18.3 Å². The zero-order valence-electron chi connectivity index (χ0n) is 16.6. The Balaban J connectivity index is 2.01. The maximum absolute atomic E-state index is 12.8. The summed E-state index contributed by atoms with van der Waals surface area (Å²) in [6, 6.07) is 8.52. The lowest BCUT2D eigenvalue weighted by atomic mass is 10.2. The van der Waals surface area contributed by atoms with Crippen molar-refractivity contribution in [1.29, 1.82) is 0 Å². The average Bonchev–Trinajstić information content (AvgIpc) is 2.73. The standard InChI is InChI=1S/C20H18ClF3N4O4/c1-2-25-18(30)19(31)28-26-10-12-8-14(21)6-7-16(12)32-11-17(29)27-15-5-3-4-13(9-15)20(22,23)24/h3-10H,2,11H2,1H3,(H,25,30)(H,27,29)(H,28,31)/b26-10-. The molecular weight excluding hydrogens is 453 g/mol. The van der Waals surface area contributed by atoms with Crippen LogP contribution in [0.25, 0.3) is 0 Å². The van der Waals surface area contributed by atoms with Gasteiger partial charge in [-0.15, -0.1) is 0 Å². The van der Waals surface area contributed by atoms with Gasteiger partial charge < -0.3 is 15.4 Å². The van der Waals surface area contributed by atoms with Crippen molar-refractivity contribution in [3.05, 3.63) is 58.6 Å². The molecule has 0 unspecified atom stereocenters. The quantitative estimate of drug-likeness (QED) is 0.328. The summed E-state index contributed by atoms with van der Waals surface area (Å²) in [5.41, 5.74) is 1.36. The van der Waals surface area contributed by atoms with Gasteiger partial charge in [0.25, 0.3) is 5.91 Å². The van der Waals surface area contributed by atoms with Crippen molar-refractivity contribution >= 4 is 41.2 Å². The second kappa shape index (κ2) is 11.1. The molecule has 12 heteroatoms. The van der Waals surface area contributed by atoms with E-state index in [1.165, 1.54) is 30.3 Å². The molecule has 3 N–H and O–H groups in total. The van der Waals surface area contributed by atoms with Crippen LogP contribution in [0.4, 0.5) is 18.9 Å². The number of benzene rings is 2. The minimum Gasteiger partial charge on any atom is -0.483 e. The topological polar surface area (TPSA) is 109 Å². The number of alkyl halides is 3. The van der Waals surface area contributed by atoms with Crippen LogP contribution in [0.1, 0.15) is 18.1 Å². The Hall–Kier alpha value is -3.60. The van der Waals surface area contributed by atoms with Gasteiger partial charge in [0.05, 0.1) is 11.8 Å². The maximum atomic E-state index is 12.8. The molecule has 0 aliphatic rings. The van der Waals surface area contributed by atoms with Crippen molar-refractivity contribution in [2.24, 2.45) is 5.10 Å². The fourth-order valence-corrected chi connectivity index (χ4v) is 2.50. The highest BCUT2D eigenvalue weighted by Gasteiger charge is 2.30. The minimum atomic E-state index is -4.54. The number of hydrogen-bond donors (Lipinski definition) is 3. The molecule has 0 bridgehead atoms. The van der Waals surface area contributed by atoms with Crippen molar-refractivity contribution in [1.82, 2.24) is 10.7 Å². The fraction of sp³-hybridized carbons (Fsp3) is 0.200. The number of amides is 3. The van der Waals surface area contributed by atoms with Gasteiger partial charge in [0.1, 0.15) is 5.75 Å². The molecule has 0 aliphatic carbocycles. The SMILES string of the molecule is CCNC(=O)C(=O)N/N=C\c1cc(Cl)ccc1OCC(=O)Nc1cccc(C(F)(F)F)c1. The summed E-state index contributed by atoms with van der Waals surface area (Å²) in [4.78, 5) is 35.0. The third-order valence-corrected chi connectivity index (χ3v) is 3.95. The van der Waals surface area contributed by atoms with E-state index in [4.69, 9.17) is 16.3 Å². The normalized spacial score (nSPS) is 11.2. The number of likely N-dealkylation sites (N-methyl/N-ethyl adjacent to an activating group) is 1. The van der Waals surface area contributed by atoms with Gasteiger partial charge >= 0.3 is 18.0 Å². The van der Waals surface area contributed by atoms with E-state index in [1.54, 1.807) is 6.92 Å². The van der Waals surface area contributed by atoms with Gasteiger partial charge in [0.2, 0.25) is 0 Å². The molecule has 0 aromatic heterocycles. The van der Waals surface area contributed by atoms with E-state index in [2.05, 4.69) is 15.7 Å². The molecule has 0 radical (unpaired) electrons. The Kier molecular flexibility index (Phi) is 8.59. The number of ether oxygens (including phenoxy) is 1. The van der Waals surface area contributed by atoms with E-state index in [9.17, 15) is 27.6 Å². The summed E-state index contributed by atoms with van der Waals surface area (Å²) in [5.74, 6) is -2.39. The molecule has 0 heterocycles. The predicted octanol–water partition coefficient (Wildman–Crippen LogP) is 2.96. The van der Waals surface area contributed by atoms with Gasteiger partial charge in [-0.3, -0.25) is 14.4 Å². The number of rotatable bonds is 7. The zero-order valence-corrected chi connectivity index (χ0v) is 17.4. The third kappa shape index (κ3) is 7.58. The summed E-state index contributed by atoms with van der Waals surface area (Å²) in [6.07, 6.45) is -3.38. The Morgan fingerprint density at radius 2 is 1.88 bits per heavy atom. The maximum Gasteiger partial charge on any atom is 0.416 e. The van der Waals surface area contributed by atoms with Crippen LogP contribution in [0.5, 0.6) is 5.75 Å². The smallest absolute Gasteiger partial charge is 0.416 e. The van der Waals surface area contributed by atoms with Crippen LogP contribution in [0.15, 0.2) is 47.6 Å². The number of nitrogens with one attached hydrogen (secondary N) is 3. The molecule has 0 saturated carbocycles. The van der Waals surface area contributed by atoms with Crippen LogP contribution >= 0.6 is 11.6 Å². The number of hydrogen-bond acceptors (Lipinski definition) is 5. The van der Waals surface area contributed by atoms with Crippen LogP contribution in [-0.2, 0) is 20.6 Å². The number of carbonyl (C=O) groups is 3. The average molecular weight is 471 g/mol. The highest BCUT2D eigenvalue weighted by molar-refractivity contribution is 6.35. The second-order valence-corrected chi connectivity index (χ2v) is 6.59. The van der Waals surface area contributed by atoms with E-state index in [-0.39, 0.29) is 23.5 Å². The highest BCUT2D eigenvalue weighted by Crippen LogP contribution is 2.30.